The number of carboxylic acids is 2. The Bertz CT molecular complexity index is 1690. The molecule has 2 aromatic carbocycles. The van der Waals surface area contributed by atoms with Gasteiger partial charge in [0.15, 0.2) is 41.5 Å². The number of benzene rings is 2. The summed E-state index contributed by atoms with van der Waals surface area (Å²) in [6.45, 7) is 0. The van der Waals surface area contributed by atoms with E-state index in [2.05, 4.69) is 0 Å². The smallest absolute Gasteiger partial charge is 0.335 e. The monoisotopic (exact) mass is 652 g/mol. The first-order chi connectivity index (χ1) is 21.7. The number of hydrogen-bond acceptors (Lipinski definition) is 16. The predicted molar refractivity (Wildman–Crippen MR) is 146 cm³/mol. The molecular weight excluding hydrogens is 624 g/mol. The van der Waals surface area contributed by atoms with Gasteiger partial charge in [-0.15, -0.1) is 0 Å². The van der Waals surface area contributed by atoms with Gasteiger partial charge >= 0.3 is 11.9 Å². The molecule has 2 aliphatic rings. The minimum Gasteiger partial charge on any atom is -0.507 e. The number of ether oxygens (including phenoxy) is 5. The highest BCUT2D eigenvalue weighted by Gasteiger charge is 2.54. The van der Waals surface area contributed by atoms with Crippen LogP contribution in [-0.2, 0) is 23.8 Å². The second kappa shape index (κ2) is 12.7. The fraction of sp³-hybridized carbons (Fsp3) is 0.393. The molecule has 5 rings (SSSR count). The lowest BCUT2D eigenvalue weighted by Crippen LogP contribution is -2.66. The number of hydrogen-bond donors (Lipinski definition) is 9. The maximum atomic E-state index is 12.9. The number of aliphatic carboxylic acids is 2. The van der Waals surface area contributed by atoms with Gasteiger partial charge in [-0.1, -0.05) is 0 Å². The Morgan fingerprint density at radius 3 is 2.00 bits per heavy atom. The summed E-state index contributed by atoms with van der Waals surface area (Å²) in [5, 5.41) is 91.0. The van der Waals surface area contributed by atoms with E-state index in [-0.39, 0.29) is 39.5 Å². The lowest BCUT2D eigenvalue weighted by Gasteiger charge is -2.44. The Balaban J connectivity index is 1.50. The van der Waals surface area contributed by atoms with Gasteiger partial charge in [0.25, 0.3) is 0 Å². The standard InChI is InChI=1S/C28H28O18/c1-41-13-3-2-8(4-10(13)29)14-7-12(31)16-11(30)5-9(6-15(16)43-14)42-28-24(20(35)19(34)23(45-28)26(39)40)46-27-21(36)17(32)18(33)22(44-27)25(37)38/h2-7,17-24,27-30,32-36H,1H3,(H,37,38)(H,39,40)/t17-,18-,19-,20-,21+,22-,23-,24+,27-,28+/m0/s1. The lowest BCUT2D eigenvalue weighted by atomic mass is 9.97. The van der Waals surface area contributed by atoms with Crippen LogP contribution in [0.2, 0.25) is 0 Å². The van der Waals surface area contributed by atoms with Crippen molar-refractivity contribution in [3.63, 3.8) is 0 Å². The Morgan fingerprint density at radius 1 is 0.761 bits per heavy atom. The molecule has 0 saturated carbocycles. The number of carbonyl (C=O) groups is 2. The number of carboxylic acid groups (broad SMARTS) is 2. The van der Waals surface area contributed by atoms with Gasteiger partial charge < -0.3 is 74.1 Å². The van der Waals surface area contributed by atoms with Crippen LogP contribution in [0.5, 0.6) is 23.0 Å². The van der Waals surface area contributed by atoms with Gasteiger partial charge in [-0.2, -0.15) is 0 Å². The van der Waals surface area contributed by atoms with E-state index in [9.17, 15) is 60.3 Å². The van der Waals surface area contributed by atoms with Crippen molar-refractivity contribution in [2.24, 2.45) is 0 Å². The molecule has 2 fully saturated rings. The number of phenols is 2. The molecule has 2 aliphatic heterocycles. The number of rotatable bonds is 8. The summed E-state index contributed by atoms with van der Waals surface area (Å²) in [5.41, 5.74) is -0.720. The largest absolute Gasteiger partial charge is 0.507 e. The van der Waals surface area contributed by atoms with Crippen molar-refractivity contribution in [2.45, 2.75) is 61.4 Å². The minimum absolute atomic E-state index is 0.0521. The molecule has 9 N–H and O–H groups in total. The van der Waals surface area contributed by atoms with E-state index in [1.54, 1.807) is 0 Å². The Morgan fingerprint density at radius 2 is 1.39 bits per heavy atom. The van der Waals surface area contributed by atoms with Crippen molar-refractivity contribution in [3.05, 3.63) is 46.6 Å². The van der Waals surface area contributed by atoms with Crippen LogP contribution >= 0.6 is 0 Å². The molecular formula is C28H28O18. The van der Waals surface area contributed by atoms with Crippen molar-refractivity contribution >= 4 is 22.9 Å². The SMILES string of the molecule is COc1ccc(-c2cc(=O)c3c(O)cc(O[C@@H]4O[C@H](C(=O)O)[C@@H](O)[C@H](O)[C@H]4O[C@@H]4O[C@H](C(=O)O)[C@@H](O)[C@H](O)[C@H]4O)cc3o2)cc1O. The van der Waals surface area contributed by atoms with Gasteiger partial charge in [0.2, 0.25) is 6.29 Å². The summed E-state index contributed by atoms with van der Waals surface area (Å²) < 4.78 is 32.3. The molecule has 3 heterocycles. The van der Waals surface area contributed by atoms with Crippen molar-refractivity contribution in [2.75, 3.05) is 7.11 Å². The Kier molecular flexibility index (Phi) is 9.07. The Labute approximate surface area is 256 Å². The van der Waals surface area contributed by atoms with Crippen LogP contribution in [0.1, 0.15) is 0 Å². The van der Waals surface area contributed by atoms with Crippen LogP contribution in [0.15, 0.2) is 45.6 Å². The maximum Gasteiger partial charge on any atom is 0.335 e. The third kappa shape index (κ3) is 6.02. The van der Waals surface area contributed by atoms with Gasteiger partial charge in [0.05, 0.1) is 7.11 Å². The molecule has 18 heteroatoms. The van der Waals surface area contributed by atoms with Crippen LogP contribution in [-0.4, -0.2) is 126 Å². The minimum atomic E-state index is -2.17. The fourth-order valence-corrected chi connectivity index (χ4v) is 5.03. The molecule has 0 spiro atoms. The molecule has 2 saturated heterocycles. The number of fused-ring (bicyclic) bond motifs is 1. The molecule has 1 aromatic heterocycles. The van der Waals surface area contributed by atoms with Gasteiger partial charge in [-0.05, 0) is 18.2 Å². The van der Waals surface area contributed by atoms with Crippen molar-refractivity contribution in [1.82, 2.24) is 0 Å². The highest BCUT2D eigenvalue weighted by atomic mass is 16.8. The number of aliphatic hydroxyl groups is 5. The van der Waals surface area contributed by atoms with E-state index in [1.165, 1.54) is 25.3 Å². The summed E-state index contributed by atoms with van der Waals surface area (Å²) in [6, 6.07) is 7.20. The van der Waals surface area contributed by atoms with E-state index in [4.69, 9.17) is 28.1 Å². The lowest BCUT2D eigenvalue weighted by molar-refractivity contribution is -0.350. The van der Waals surface area contributed by atoms with Gasteiger partial charge in [0.1, 0.15) is 58.7 Å². The molecule has 0 bridgehead atoms. The first-order valence-corrected chi connectivity index (χ1v) is 13.4. The molecule has 18 nitrogen and oxygen atoms in total. The zero-order valence-corrected chi connectivity index (χ0v) is 23.4. The summed E-state index contributed by atoms with van der Waals surface area (Å²) in [7, 11) is 1.34. The third-order valence-electron chi connectivity index (χ3n) is 7.39. The third-order valence-corrected chi connectivity index (χ3v) is 7.39. The zero-order valence-electron chi connectivity index (χ0n) is 23.4. The average Bonchev–Trinajstić information content (AvgIpc) is 2.99. The second-order valence-corrected chi connectivity index (χ2v) is 10.4. The quantitative estimate of drug-likeness (QED) is 0.128. The number of methoxy groups -OCH3 is 1. The molecule has 46 heavy (non-hydrogen) atoms. The van der Waals surface area contributed by atoms with E-state index in [0.29, 0.717) is 0 Å². The first kappa shape index (κ1) is 32.9. The first-order valence-electron chi connectivity index (χ1n) is 13.4. The van der Waals surface area contributed by atoms with Crippen molar-refractivity contribution in [1.29, 1.82) is 0 Å². The van der Waals surface area contributed by atoms with Gasteiger partial charge in [-0.3, -0.25) is 4.79 Å². The van der Waals surface area contributed by atoms with Gasteiger partial charge in [0, 0.05) is 23.8 Å². The van der Waals surface area contributed by atoms with Crippen LogP contribution in [0.25, 0.3) is 22.3 Å². The topological polar surface area (TPSA) is 293 Å². The Hall–Kier alpha value is -4.53. The molecule has 3 aromatic rings. The average molecular weight is 653 g/mol. The maximum absolute atomic E-state index is 12.9. The molecule has 0 amide bonds. The summed E-state index contributed by atoms with van der Waals surface area (Å²) in [6.07, 6.45) is -20.9. The van der Waals surface area contributed by atoms with Crippen molar-refractivity contribution < 1.29 is 83.6 Å². The summed E-state index contributed by atoms with van der Waals surface area (Å²) in [5.74, 6) is -4.68. The molecule has 0 aliphatic carbocycles. The predicted octanol–water partition coefficient (Wildman–Crippen LogP) is -1.93. The van der Waals surface area contributed by atoms with Crippen LogP contribution in [0.4, 0.5) is 0 Å². The van der Waals surface area contributed by atoms with Crippen LogP contribution < -0.4 is 14.9 Å². The normalized spacial score (nSPS) is 31.3. The number of aromatic hydroxyl groups is 2. The number of phenolic OH excluding ortho intramolecular Hbond substituents is 2. The van der Waals surface area contributed by atoms with Gasteiger partial charge in [-0.25, -0.2) is 9.59 Å². The van der Waals surface area contributed by atoms with Crippen LogP contribution in [0, 0.1) is 0 Å². The molecule has 10 atom stereocenters. The van der Waals surface area contributed by atoms with E-state index >= 15 is 0 Å². The van der Waals surface area contributed by atoms with E-state index in [1.807, 2.05) is 0 Å². The molecule has 0 unspecified atom stereocenters. The van der Waals surface area contributed by atoms with E-state index in [0.717, 1.165) is 18.2 Å². The summed E-state index contributed by atoms with van der Waals surface area (Å²) in [4.78, 5) is 36.2. The molecule has 0 radical (unpaired) electrons. The number of aliphatic hydroxyl groups excluding tert-OH is 5. The second-order valence-electron chi connectivity index (χ2n) is 10.4. The molecule has 248 valence electrons. The highest BCUT2D eigenvalue weighted by Crippen LogP contribution is 2.36. The summed E-state index contributed by atoms with van der Waals surface area (Å²) >= 11 is 0. The zero-order chi connectivity index (χ0) is 33.6. The van der Waals surface area contributed by atoms with Crippen LogP contribution in [0.3, 0.4) is 0 Å². The fourth-order valence-electron chi connectivity index (χ4n) is 5.03. The van der Waals surface area contributed by atoms with Crippen molar-refractivity contribution in [3.8, 4) is 34.3 Å². The highest BCUT2D eigenvalue weighted by molar-refractivity contribution is 5.86. The van der Waals surface area contributed by atoms with E-state index < -0.39 is 84.5 Å².